The quantitative estimate of drug-likeness (QED) is 0.775. The van der Waals surface area contributed by atoms with Crippen LogP contribution in [0.4, 0.5) is 4.79 Å². The maximum Gasteiger partial charge on any atom is 0.314 e. The number of hydrogen-bond acceptors (Lipinski definition) is 3. The van der Waals surface area contributed by atoms with Crippen LogP contribution in [0.2, 0.25) is 0 Å². The highest BCUT2D eigenvalue weighted by molar-refractivity contribution is 5.73. The van der Waals surface area contributed by atoms with Gasteiger partial charge in [0.15, 0.2) is 0 Å². The Balaban J connectivity index is 1.17. The van der Waals surface area contributed by atoms with Crippen LogP contribution in [0.3, 0.4) is 0 Å². The number of carbonyl (C=O) groups is 1. The largest absolute Gasteiger partial charge is 0.379 e. The number of hydrogen-bond donors (Lipinski definition) is 2. The van der Waals surface area contributed by atoms with E-state index in [-0.39, 0.29) is 6.03 Å². The van der Waals surface area contributed by atoms with Crippen molar-refractivity contribution in [2.45, 2.75) is 43.9 Å². The number of benzene rings is 1. The smallest absolute Gasteiger partial charge is 0.314 e. The van der Waals surface area contributed by atoms with Gasteiger partial charge in [-0.1, -0.05) is 30.3 Å². The summed E-state index contributed by atoms with van der Waals surface area (Å²) in [6.45, 7) is 5.99. The molecule has 6 rings (SSSR count). The van der Waals surface area contributed by atoms with Gasteiger partial charge in [-0.15, -0.1) is 0 Å². The van der Waals surface area contributed by atoms with Crippen LogP contribution in [0.15, 0.2) is 30.3 Å². The lowest BCUT2D eigenvalue weighted by atomic mass is 9.43. The van der Waals surface area contributed by atoms with Gasteiger partial charge in [0.05, 0.1) is 13.2 Å². The van der Waals surface area contributed by atoms with E-state index in [1.54, 1.807) is 0 Å². The fraction of sp³-hybridized carbons (Fsp3) is 0.708. The van der Waals surface area contributed by atoms with E-state index in [1.807, 2.05) is 0 Å². The Bertz CT molecular complexity index is 702. The first-order valence-corrected chi connectivity index (χ1v) is 11.5. The summed E-state index contributed by atoms with van der Waals surface area (Å²) in [5, 5.41) is 6.32. The molecule has 0 aromatic heterocycles. The highest BCUT2D eigenvalue weighted by atomic mass is 16.5. The second kappa shape index (κ2) is 7.92. The minimum Gasteiger partial charge on any atom is -0.379 e. The molecule has 2 atom stereocenters. The van der Waals surface area contributed by atoms with Gasteiger partial charge in [0, 0.05) is 32.7 Å². The topological polar surface area (TPSA) is 53.6 Å². The van der Waals surface area contributed by atoms with Gasteiger partial charge < -0.3 is 15.4 Å². The van der Waals surface area contributed by atoms with Gasteiger partial charge in [-0.3, -0.25) is 4.90 Å². The van der Waals surface area contributed by atoms with Crippen LogP contribution in [0.25, 0.3) is 0 Å². The molecule has 0 radical (unpaired) electrons. The number of nitrogens with one attached hydrogen (secondary N) is 2. The first-order chi connectivity index (χ1) is 14.1. The van der Waals surface area contributed by atoms with Crippen molar-refractivity contribution in [1.82, 2.24) is 15.5 Å². The molecule has 1 aliphatic heterocycles. The highest BCUT2D eigenvalue weighted by Gasteiger charge is 2.57. The van der Waals surface area contributed by atoms with Gasteiger partial charge in [0.25, 0.3) is 0 Å². The SMILES string of the molecule is O=C(NCCN1CCOCC1)NCC12C[C@H]3C[C@H](C1)CC(c1ccccc1)(C3)C2. The van der Waals surface area contributed by atoms with Gasteiger partial charge in [-0.25, -0.2) is 4.79 Å². The van der Waals surface area contributed by atoms with Crippen molar-refractivity contribution in [2.75, 3.05) is 45.9 Å². The highest BCUT2D eigenvalue weighted by Crippen LogP contribution is 2.65. The summed E-state index contributed by atoms with van der Waals surface area (Å²) in [6, 6.07) is 11.2. The van der Waals surface area contributed by atoms with E-state index in [0.29, 0.717) is 17.4 Å². The summed E-state index contributed by atoms with van der Waals surface area (Å²) in [5.41, 5.74) is 2.18. The third-order valence-corrected chi connectivity index (χ3v) is 8.01. The van der Waals surface area contributed by atoms with Crippen molar-refractivity contribution in [2.24, 2.45) is 17.3 Å². The Hall–Kier alpha value is -1.59. The summed E-state index contributed by atoms with van der Waals surface area (Å²) in [6.07, 6.45) is 7.94. The van der Waals surface area contributed by atoms with Crippen molar-refractivity contribution in [3.05, 3.63) is 35.9 Å². The Labute approximate surface area is 174 Å². The van der Waals surface area contributed by atoms with E-state index in [9.17, 15) is 4.79 Å². The molecule has 1 aromatic carbocycles. The number of carbonyl (C=O) groups excluding carboxylic acids is 1. The lowest BCUT2D eigenvalue weighted by Gasteiger charge is -2.62. The van der Waals surface area contributed by atoms with Crippen molar-refractivity contribution >= 4 is 6.03 Å². The number of urea groups is 1. The molecule has 1 saturated heterocycles. The van der Waals surface area contributed by atoms with Crippen LogP contribution in [-0.4, -0.2) is 56.9 Å². The van der Waals surface area contributed by atoms with Crippen LogP contribution >= 0.6 is 0 Å². The Morgan fingerprint density at radius 1 is 1.03 bits per heavy atom. The zero-order chi connectivity index (χ0) is 19.7. The van der Waals surface area contributed by atoms with Crippen molar-refractivity contribution in [1.29, 1.82) is 0 Å². The molecule has 158 valence electrons. The average Bonchev–Trinajstić information content (AvgIpc) is 2.73. The average molecular weight is 398 g/mol. The number of rotatable bonds is 6. The lowest BCUT2D eigenvalue weighted by Crippen LogP contribution is -2.58. The zero-order valence-electron chi connectivity index (χ0n) is 17.5. The van der Waals surface area contributed by atoms with Gasteiger partial charge in [0.1, 0.15) is 0 Å². The normalized spacial score (nSPS) is 36.1. The van der Waals surface area contributed by atoms with Gasteiger partial charge in [-0.2, -0.15) is 0 Å². The van der Waals surface area contributed by atoms with Crippen molar-refractivity contribution in [3.63, 3.8) is 0 Å². The summed E-state index contributed by atoms with van der Waals surface area (Å²) >= 11 is 0. The molecule has 1 aromatic rings. The second-order valence-electron chi connectivity index (χ2n) is 10.2. The molecular formula is C24H35N3O2. The molecule has 2 amide bonds. The molecule has 0 spiro atoms. The minimum atomic E-state index is 0.00256. The van der Waals surface area contributed by atoms with E-state index in [2.05, 4.69) is 45.9 Å². The third-order valence-electron chi connectivity index (χ3n) is 8.01. The molecule has 5 aliphatic rings. The predicted molar refractivity (Wildman–Crippen MR) is 114 cm³/mol. The first kappa shape index (κ1) is 19.4. The van der Waals surface area contributed by atoms with Gasteiger partial charge in [0.2, 0.25) is 0 Å². The van der Waals surface area contributed by atoms with E-state index >= 15 is 0 Å². The maximum atomic E-state index is 12.5. The molecule has 5 nitrogen and oxygen atoms in total. The third kappa shape index (κ3) is 4.04. The van der Waals surface area contributed by atoms with Gasteiger partial charge in [-0.05, 0) is 66.8 Å². The Morgan fingerprint density at radius 2 is 1.76 bits per heavy atom. The molecule has 4 bridgehead atoms. The van der Waals surface area contributed by atoms with Crippen LogP contribution < -0.4 is 10.6 Å². The second-order valence-corrected chi connectivity index (χ2v) is 10.2. The molecule has 4 aliphatic carbocycles. The molecule has 1 heterocycles. The monoisotopic (exact) mass is 397 g/mol. The molecular weight excluding hydrogens is 362 g/mol. The number of nitrogens with zero attached hydrogens (tertiary/aromatic N) is 1. The van der Waals surface area contributed by atoms with E-state index < -0.39 is 0 Å². The Morgan fingerprint density at radius 3 is 2.48 bits per heavy atom. The Kier molecular flexibility index (Phi) is 5.29. The van der Waals surface area contributed by atoms with Crippen LogP contribution in [0.5, 0.6) is 0 Å². The fourth-order valence-corrected chi connectivity index (χ4v) is 7.27. The summed E-state index contributed by atoms with van der Waals surface area (Å²) in [7, 11) is 0. The molecule has 0 unspecified atom stereocenters. The van der Waals surface area contributed by atoms with Gasteiger partial charge >= 0.3 is 6.03 Å². The first-order valence-electron chi connectivity index (χ1n) is 11.5. The lowest BCUT2D eigenvalue weighted by molar-refractivity contribution is -0.0693. The number of morpholine rings is 1. The zero-order valence-corrected chi connectivity index (χ0v) is 17.5. The standard InChI is InChI=1S/C24H35N3O2/c28-22(25-6-7-27-8-10-29-11-9-27)26-18-23-13-19-12-20(14-23)16-24(15-19,17-23)21-4-2-1-3-5-21/h1-5,19-20H,6-18H2,(H2,25,26,28)/t19-,20-,23?,24?/m1/s1. The number of ether oxygens (including phenoxy) is 1. The molecule has 5 heteroatoms. The molecule has 4 saturated carbocycles. The predicted octanol–water partition coefficient (Wildman–Crippen LogP) is 3.16. The summed E-state index contributed by atoms with van der Waals surface area (Å²) in [4.78, 5) is 14.8. The van der Waals surface area contributed by atoms with Crippen molar-refractivity contribution in [3.8, 4) is 0 Å². The summed E-state index contributed by atoms with van der Waals surface area (Å²) in [5.74, 6) is 1.67. The van der Waals surface area contributed by atoms with E-state index in [4.69, 9.17) is 4.74 Å². The molecule has 5 fully saturated rings. The van der Waals surface area contributed by atoms with E-state index in [1.165, 1.54) is 44.1 Å². The van der Waals surface area contributed by atoms with Crippen LogP contribution in [-0.2, 0) is 10.2 Å². The minimum absolute atomic E-state index is 0.00256. The maximum absolute atomic E-state index is 12.5. The molecule has 29 heavy (non-hydrogen) atoms. The van der Waals surface area contributed by atoms with E-state index in [0.717, 1.165) is 51.2 Å². The van der Waals surface area contributed by atoms with Crippen LogP contribution in [0.1, 0.15) is 44.1 Å². The van der Waals surface area contributed by atoms with Crippen LogP contribution in [0, 0.1) is 17.3 Å². The molecule has 2 N–H and O–H groups in total. The fourth-order valence-electron chi connectivity index (χ4n) is 7.27. The summed E-state index contributed by atoms with van der Waals surface area (Å²) < 4.78 is 5.38. The number of amides is 2. The van der Waals surface area contributed by atoms with Crippen molar-refractivity contribution < 1.29 is 9.53 Å².